The maximum atomic E-state index is 9.24. The van der Waals surface area contributed by atoms with E-state index in [2.05, 4.69) is 68.8 Å². The van der Waals surface area contributed by atoms with Gasteiger partial charge in [-0.2, -0.15) is 4.98 Å². The van der Waals surface area contributed by atoms with Gasteiger partial charge >= 0.3 is 0 Å². The third-order valence-electron chi connectivity index (χ3n) is 5.17. The maximum absolute atomic E-state index is 9.24. The summed E-state index contributed by atoms with van der Waals surface area (Å²) < 4.78 is 0. The standard InChI is InChI=1S/C22H26N6O/c1-16(17-8-10-19(11-9-17)18-6-3-2-4-7-18)20-24-21(27-26-20)25-22-23-12-5-13-28(22)14-15-29/h2-4,6-11,16,29H,5,12-15H2,1H3,(H2,23,24,25,26,27). The Hall–Kier alpha value is -3.19. The number of aliphatic hydroxyl groups is 1. The largest absolute Gasteiger partial charge is 0.395 e. The van der Waals surface area contributed by atoms with Crippen LogP contribution in [-0.2, 0) is 0 Å². The van der Waals surface area contributed by atoms with E-state index < -0.39 is 0 Å². The van der Waals surface area contributed by atoms with E-state index in [0.717, 1.165) is 31.3 Å². The number of aliphatic imine (C=N–C) groups is 1. The summed E-state index contributed by atoms with van der Waals surface area (Å²) in [5.74, 6) is 2.10. The van der Waals surface area contributed by atoms with Crippen LogP contribution in [0.5, 0.6) is 0 Å². The van der Waals surface area contributed by atoms with Crippen LogP contribution >= 0.6 is 0 Å². The Morgan fingerprint density at radius 1 is 1.10 bits per heavy atom. The Bertz CT molecular complexity index is 951. The Morgan fingerprint density at radius 2 is 1.86 bits per heavy atom. The lowest BCUT2D eigenvalue weighted by Crippen LogP contribution is -2.42. The molecule has 1 unspecified atom stereocenters. The highest BCUT2D eigenvalue weighted by Crippen LogP contribution is 2.25. The van der Waals surface area contributed by atoms with Crippen LogP contribution in [0.1, 0.15) is 30.7 Å². The first-order chi connectivity index (χ1) is 14.2. The van der Waals surface area contributed by atoms with E-state index in [1.807, 2.05) is 23.1 Å². The first kappa shape index (κ1) is 19.1. The lowest BCUT2D eigenvalue weighted by Gasteiger charge is -2.28. The molecule has 0 radical (unpaired) electrons. The molecule has 7 heteroatoms. The van der Waals surface area contributed by atoms with Crippen LogP contribution < -0.4 is 5.32 Å². The molecule has 0 aliphatic carbocycles. The van der Waals surface area contributed by atoms with Gasteiger partial charge in [0.05, 0.1) is 6.61 Å². The maximum Gasteiger partial charge on any atom is 0.248 e. The molecule has 4 rings (SSSR count). The Kier molecular flexibility index (Phi) is 5.86. The molecular formula is C22H26N6O. The predicted octanol–water partition coefficient (Wildman–Crippen LogP) is 3.09. The van der Waals surface area contributed by atoms with Crippen molar-refractivity contribution in [2.75, 3.05) is 31.6 Å². The Labute approximate surface area is 170 Å². The molecule has 0 amide bonds. The fourth-order valence-electron chi connectivity index (χ4n) is 3.49. The molecule has 0 saturated heterocycles. The molecule has 3 N–H and O–H groups in total. The molecule has 2 heterocycles. The lowest BCUT2D eigenvalue weighted by atomic mass is 9.97. The number of aliphatic hydroxyl groups excluding tert-OH is 1. The van der Waals surface area contributed by atoms with Crippen molar-refractivity contribution in [1.29, 1.82) is 0 Å². The quantitative estimate of drug-likeness (QED) is 0.602. The molecule has 1 aliphatic heterocycles. The number of aromatic amines is 1. The van der Waals surface area contributed by atoms with Crippen molar-refractivity contribution in [1.82, 2.24) is 20.1 Å². The Morgan fingerprint density at radius 3 is 2.62 bits per heavy atom. The predicted molar refractivity (Wildman–Crippen MR) is 115 cm³/mol. The number of nitrogens with zero attached hydrogens (tertiary/aromatic N) is 4. The molecular weight excluding hydrogens is 364 g/mol. The van der Waals surface area contributed by atoms with Crippen LogP contribution in [0.3, 0.4) is 0 Å². The zero-order valence-electron chi connectivity index (χ0n) is 16.5. The fraction of sp³-hybridized carbons (Fsp3) is 0.318. The number of aromatic nitrogens is 3. The summed E-state index contributed by atoms with van der Waals surface area (Å²) >= 11 is 0. The van der Waals surface area contributed by atoms with Gasteiger partial charge in [-0.25, -0.2) is 0 Å². The van der Waals surface area contributed by atoms with E-state index in [1.165, 1.54) is 16.7 Å². The van der Waals surface area contributed by atoms with Gasteiger partial charge in [-0.15, -0.1) is 5.10 Å². The smallest absolute Gasteiger partial charge is 0.248 e. The van der Waals surface area contributed by atoms with Crippen LogP contribution in [0.4, 0.5) is 5.95 Å². The number of β-amino-alcohol motifs (C(OH)–C–C–N with tert-alkyl or cyclic N) is 1. The summed E-state index contributed by atoms with van der Waals surface area (Å²) in [6.07, 6.45) is 0.987. The third kappa shape index (κ3) is 4.46. The number of anilines is 1. The summed E-state index contributed by atoms with van der Waals surface area (Å²) in [6.45, 7) is 4.39. The second-order valence-electron chi connectivity index (χ2n) is 7.15. The van der Waals surface area contributed by atoms with Crippen LogP contribution in [0.25, 0.3) is 11.1 Å². The van der Waals surface area contributed by atoms with Gasteiger partial charge in [0.15, 0.2) is 0 Å². The van der Waals surface area contributed by atoms with Gasteiger partial charge in [-0.1, -0.05) is 61.5 Å². The summed E-state index contributed by atoms with van der Waals surface area (Å²) in [5.41, 5.74) is 3.57. The molecule has 0 spiro atoms. The topological polar surface area (TPSA) is 89.4 Å². The molecule has 150 valence electrons. The normalized spacial score (nSPS) is 15.1. The molecule has 1 atom stereocenters. The molecule has 3 aromatic rings. The first-order valence-electron chi connectivity index (χ1n) is 9.99. The molecule has 1 aliphatic rings. The number of H-pyrrole nitrogens is 1. The van der Waals surface area contributed by atoms with E-state index in [0.29, 0.717) is 12.5 Å². The van der Waals surface area contributed by atoms with Gasteiger partial charge in [0.2, 0.25) is 11.9 Å². The van der Waals surface area contributed by atoms with Crippen molar-refractivity contribution in [3.63, 3.8) is 0 Å². The minimum atomic E-state index is 0.0877. The first-order valence-corrected chi connectivity index (χ1v) is 9.99. The zero-order valence-corrected chi connectivity index (χ0v) is 16.5. The van der Waals surface area contributed by atoms with Crippen LogP contribution in [0.15, 0.2) is 59.6 Å². The SMILES string of the molecule is CC(c1ccc(-c2ccccc2)cc1)c1nc(NC2=NCCCN2CCO)n[nH]1. The minimum absolute atomic E-state index is 0.0877. The van der Waals surface area contributed by atoms with E-state index >= 15 is 0 Å². The number of rotatable bonds is 6. The molecule has 0 fully saturated rings. The molecule has 29 heavy (non-hydrogen) atoms. The fourth-order valence-corrected chi connectivity index (χ4v) is 3.49. The summed E-state index contributed by atoms with van der Waals surface area (Å²) in [7, 11) is 0. The second-order valence-corrected chi connectivity index (χ2v) is 7.15. The van der Waals surface area contributed by atoms with Gasteiger partial charge < -0.3 is 10.0 Å². The van der Waals surface area contributed by atoms with Crippen molar-refractivity contribution >= 4 is 11.9 Å². The van der Waals surface area contributed by atoms with Gasteiger partial charge in [-0.3, -0.25) is 15.4 Å². The number of benzene rings is 2. The van der Waals surface area contributed by atoms with E-state index in [1.54, 1.807) is 0 Å². The molecule has 2 aromatic carbocycles. The lowest BCUT2D eigenvalue weighted by molar-refractivity contribution is 0.245. The summed E-state index contributed by atoms with van der Waals surface area (Å²) in [6, 6.07) is 18.9. The monoisotopic (exact) mass is 390 g/mol. The van der Waals surface area contributed by atoms with Crippen molar-refractivity contribution in [3.8, 4) is 11.1 Å². The van der Waals surface area contributed by atoms with Crippen molar-refractivity contribution < 1.29 is 5.11 Å². The van der Waals surface area contributed by atoms with E-state index in [4.69, 9.17) is 0 Å². The van der Waals surface area contributed by atoms with Crippen LogP contribution in [0, 0.1) is 0 Å². The van der Waals surface area contributed by atoms with Gasteiger partial charge in [-0.05, 0) is 23.1 Å². The zero-order chi connectivity index (χ0) is 20.1. The third-order valence-corrected chi connectivity index (χ3v) is 5.17. The average molecular weight is 390 g/mol. The number of hydrogen-bond acceptors (Lipinski definition) is 6. The van der Waals surface area contributed by atoms with Gasteiger partial charge in [0.25, 0.3) is 0 Å². The van der Waals surface area contributed by atoms with Gasteiger partial charge in [0.1, 0.15) is 5.82 Å². The molecule has 1 aromatic heterocycles. The highest BCUT2D eigenvalue weighted by atomic mass is 16.3. The number of guanidine groups is 1. The van der Waals surface area contributed by atoms with Crippen molar-refractivity contribution in [3.05, 3.63) is 66.0 Å². The highest BCUT2D eigenvalue weighted by Gasteiger charge is 2.18. The average Bonchev–Trinajstić information content (AvgIpc) is 3.24. The summed E-state index contributed by atoms with van der Waals surface area (Å²) in [5, 5.41) is 19.8. The molecule has 0 saturated carbocycles. The van der Waals surface area contributed by atoms with Crippen molar-refractivity contribution in [2.45, 2.75) is 19.3 Å². The molecule has 7 nitrogen and oxygen atoms in total. The van der Waals surface area contributed by atoms with Crippen LogP contribution in [-0.4, -0.2) is 57.4 Å². The van der Waals surface area contributed by atoms with E-state index in [-0.39, 0.29) is 12.5 Å². The summed E-state index contributed by atoms with van der Waals surface area (Å²) in [4.78, 5) is 11.1. The Balaban J connectivity index is 1.45. The highest BCUT2D eigenvalue weighted by molar-refractivity contribution is 5.92. The number of hydrogen-bond donors (Lipinski definition) is 3. The molecule has 0 bridgehead atoms. The van der Waals surface area contributed by atoms with Gasteiger partial charge in [0, 0.05) is 25.6 Å². The number of nitrogens with one attached hydrogen (secondary N) is 2. The van der Waals surface area contributed by atoms with Crippen LogP contribution in [0.2, 0.25) is 0 Å². The minimum Gasteiger partial charge on any atom is -0.395 e. The van der Waals surface area contributed by atoms with Crippen molar-refractivity contribution in [2.24, 2.45) is 4.99 Å². The van der Waals surface area contributed by atoms with E-state index in [9.17, 15) is 5.11 Å². The second kappa shape index (κ2) is 8.87.